The fourth-order valence-electron chi connectivity index (χ4n) is 6.06. The number of benzene rings is 3. The van der Waals surface area contributed by atoms with E-state index in [0.29, 0.717) is 31.7 Å². The van der Waals surface area contributed by atoms with E-state index in [4.69, 9.17) is 4.74 Å². The molecule has 46 heavy (non-hydrogen) atoms. The number of rotatable bonds is 15. The van der Waals surface area contributed by atoms with Crippen LogP contribution in [0.25, 0.3) is 0 Å². The number of nitrogens with one attached hydrogen (secondary N) is 3. The molecule has 4 unspecified atom stereocenters. The first kappa shape index (κ1) is 34.5. The highest BCUT2D eigenvalue weighted by Gasteiger charge is 2.35. The number of aliphatic hydroxyl groups excluding tert-OH is 1. The minimum Gasteiger partial charge on any atom is -0.484 e. The first-order valence-electron chi connectivity index (χ1n) is 16.2. The molecule has 4 rings (SSSR count). The molecule has 9 nitrogen and oxygen atoms in total. The molecule has 3 aromatic rings. The fraction of sp³-hybridized carbons (Fsp3) is 0.432. The van der Waals surface area contributed by atoms with Gasteiger partial charge in [-0.25, -0.2) is 4.79 Å². The Morgan fingerprint density at radius 1 is 0.935 bits per heavy atom. The number of carbonyl (C=O) groups excluding carboxylic acids is 3. The Kier molecular flexibility index (Phi) is 12.6. The van der Waals surface area contributed by atoms with Crippen molar-refractivity contribution in [2.75, 3.05) is 19.7 Å². The molecule has 0 aliphatic carbocycles. The van der Waals surface area contributed by atoms with E-state index in [1.54, 1.807) is 4.90 Å². The van der Waals surface area contributed by atoms with Crippen LogP contribution in [0.2, 0.25) is 0 Å². The third kappa shape index (κ3) is 10.1. The number of amides is 4. The van der Waals surface area contributed by atoms with Gasteiger partial charge in [0.25, 0.3) is 5.91 Å². The predicted octanol–water partition coefficient (Wildman–Crippen LogP) is 4.33. The van der Waals surface area contributed by atoms with Gasteiger partial charge in [-0.05, 0) is 68.2 Å². The maximum atomic E-state index is 13.8. The zero-order valence-electron chi connectivity index (χ0n) is 27.4. The van der Waals surface area contributed by atoms with Gasteiger partial charge in [0.1, 0.15) is 11.8 Å². The number of carbonyl (C=O) groups is 3. The van der Waals surface area contributed by atoms with Crippen molar-refractivity contribution < 1.29 is 24.2 Å². The lowest BCUT2D eigenvalue weighted by atomic mass is 9.92. The monoisotopic (exact) mass is 628 g/mol. The highest BCUT2D eigenvalue weighted by atomic mass is 16.5. The summed E-state index contributed by atoms with van der Waals surface area (Å²) >= 11 is 0. The molecule has 0 radical (unpaired) electrons. The lowest BCUT2D eigenvalue weighted by Crippen LogP contribution is -2.59. The zero-order chi connectivity index (χ0) is 33.1. The maximum Gasteiger partial charge on any atom is 0.318 e. The Bertz CT molecular complexity index is 1430. The lowest BCUT2D eigenvalue weighted by molar-refractivity contribution is -0.128. The first-order chi connectivity index (χ1) is 22.1. The average molecular weight is 629 g/mol. The highest BCUT2D eigenvalue weighted by Crippen LogP contribution is 2.20. The number of hydrogen-bond donors (Lipinski definition) is 4. The average Bonchev–Trinajstić information content (AvgIpc) is 3.02. The number of hydrogen-bond acceptors (Lipinski definition) is 5. The van der Waals surface area contributed by atoms with E-state index in [0.717, 1.165) is 28.7 Å². The van der Waals surface area contributed by atoms with E-state index in [1.807, 2.05) is 107 Å². The molecular formula is C37H48N4O5. The van der Waals surface area contributed by atoms with E-state index < -0.39 is 24.2 Å². The summed E-state index contributed by atoms with van der Waals surface area (Å²) in [5.74, 6) is -0.0904. The largest absolute Gasteiger partial charge is 0.484 e. The minimum atomic E-state index is -0.991. The number of nitrogens with zero attached hydrogens (tertiary/aromatic N) is 1. The van der Waals surface area contributed by atoms with Crippen molar-refractivity contribution in [2.24, 2.45) is 5.92 Å². The van der Waals surface area contributed by atoms with Gasteiger partial charge in [0, 0.05) is 19.1 Å². The Morgan fingerprint density at radius 2 is 1.59 bits per heavy atom. The van der Waals surface area contributed by atoms with Gasteiger partial charge >= 0.3 is 6.03 Å². The van der Waals surface area contributed by atoms with E-state index >= 15 is 0 Å². The van der Waals surface area contributed by atoms with Gasteiger partial charge in [-0.3, -0.25) is 9.59 Å². The summed E-state index contributed by atoms with van der Waals surface area (Å²) in [6.45, 7) is 8.70. The Hall–Kier alpha value is -4.37. The summed E-state index contributed by atoms with van der Waals surface area (Å²) in [6.07, 6.45) is 0.833. The maximum absolute atomic E-state index is 13.8. The second kappa shape index (κ2) is 16.8. The Morgan fingerprint density at radius 3 is 2.20 bits per heavy atom. The molecule has 3 aromatic carbocycles. The van der Waals surface area contributed by atoms with Gasteiger partial charge in [-0.1, -0.05) is 92.2 Å². The molecule has 246 valence electrons. The second-order valence-corrected chi connectivity index (χ2v) is 12.6. The molecule has 0 aromatic heterocycles. The van der Waals surface area contributed by atoms with Crippen molar-refractivity contribution in [2.45, 2.75) is 77.6 Å². The second-order valence-electron chi connectivity index (χ2n) is 12.6. The van der Waals surface area contributed by atoms with E-state index in [1.165, 1.54) is 0 Å². The summed E-state index contributed by atoms with van der Waals surface area (Å²) in [5.41, 5.74) is 4.01. The standard InChI is InChI=1S/C37H48N4O5/c1-25(2)35(41-19-11-18-38-37(41)45)36(44)39-30(21-28-12-7-5-8-13-28)23-32(42)31(22-29-14-9-6-10-15-29)40-34(43)24-46-33-17-16-26(3)20-27(33)4/h5-10,12-17,20,25,30-32,35,42H,11,18-19,21-24H2,1-4H3,(H,38,45)(H,39,44)(H,40,43). The molecule has 9 heteroatoms. The Labute approximate surface area is 272 Å². The molecule has 1 fully saturated rings. The van der Waals surface area contributed by atoms with Crippen LogP contribution < -0.4 is 20.7 Å². The van der Waals surface area contributed by atoms with E-state index in [-0.39, 0.29) is 36.8 Å². The Balaban J connectivity index is 1.51. The van der Waals surface area contributed by atoms with Crippen molar-refractivity contribution >= 4 is 17.8 Å². The molecule has 4 atom stereocenters. The quantitative estimate of drug-likeness (QED) is 0.200. The van der Waals surface area contributed by atoms with Crippen LogP contribution in [-0.2, 0) is 22.4 Å². The number of aryl methyl sites for hydroxylation is 2. The number of aliphatic hydroxyl groups is 1. The summed E-state index contributed by atoms with van der Waals surface area (Å²) < 4.78 is 5.82. The third-order valence-corrected chi connectivity index (χ3v) is 8.34. The van der Waals surface area contributed by atoms with Gasteiger partial charge in [-0.15, -0.1) is 0 Å². The molecular weight excluding hydrogens is 580 g/mol. The van der Waals surface area contributed by atoms with Crippen LogP contribution in [0, 0.1) is 19.8 Å². The molecule has 4 amide bonds. The molecule has 4 N–H and O–H groups in total. The van der Waals surface area contributed by atoms with Gasteiger partial charge in [-0.2, -0.15) is 0 Å². The fourth-order valence-corrected chi connectivity index (χ4v) is 6.06. The molecule has 0 bridgehead atoms. The normalized spacial score (nSPS) is 15.8. The van der Waals surface area contributed by atoms with Crippen LogP contribution in [0.4, 0.5) is 4.79 Å². The molecule has 1 heterocycles. The van der Waals surface area contributed by atoms with Gasteiger partial charge in [0.2, 0.25) is 5.91 Å². The SMILES string of the molecule is Cc1ccc(OCC(=O)NC(Cc2ccccc2)C(O)CC(Cc2ccccc2)NC(=O)C(C(C)C)N2CCCNC2=O)c(C)c1. The third-order valence-electron chi connectivity index (χ3n) is 8.34. The van der Waals surface area contributed by atoms with Crippen molar-refractivity contribution in [3.8, 4) is 5.75 Å². The summed E-state index contributed by atoms with van der Waals surface area (Å²) in [4.78, 5) is 41.3. The molecule has 1 aliphatic rings. The van der Waals surface area contributed by atoms with Gasteiger partial charge in [0.05, 0.1) is 12.1 Å². The van der Waals surface area contributed by atoms with Crippen LogP contribution in [0.15, 0.2) is 78.9 Å². The topological polar surface area (TPSA) is 120 Å². The van der Waals surface area contributed by atoms with Crippen molar-refractivity contribution in [3.63, 3.8) is 0 Å². The minimum absolute atomic E-state index is 0.117. The molecule has 0 saturated carbocycles. The number of ether oxygens (including phenoxy) is 1. The van der Waals surface area contributed by atoms with Crippen LogP contribution in [0.3, 0.4) is 0 Å². The van der Waals surface area contributed by atoms with E-state index in [2.05, 4.69) is 16.0 Å². The van der Waals surface area contributed by atoms with Gasteiger partial charge in [0.15, 0.2) is 6.61 Å². The predicted molar refractivity (Wildman–Crippen MR) is 180 cm³/mol. The van der Waals surface area contributed by atoms with Crippen LogP contribution in [-0.4, -0.2) is 71.8 Å². The van der Waals surface area contributed by atoms with Crippen LogP contribution >= 0.6 is 0 Å². The van der Waals surface area contributed by atoms with Crippen molar-refractivity contribution in [1.82, 2.24) is 20.9 Å². The van der Waals surface area contributed by atoms with E-state index in [9.17, 15) is 19.5 Å². The van der Waals surface area contributed by atoms with Crippen LogP contribution in [0.5, 0.6) is 5.75 Å². The zero-order valence-corrected chi connectivity index (χ0v) is 27.4. The molecule has 0 spiro atoms. The number of urea groups is 1. The van der Waals surface area contributed by atoms with Gasteiger partial charge < -0.3 is 30.7 Å². The molecule has 1 aliphatic heterocycles. The van der Waals surface area contributed by atoms with Crippen LogP contribution in [0.1, 0.15) is 48.9 Å². The lowest BCUT2D eigenvalue weighted by Gasteiger charge is -2.37. The summed E-state index contributed by atoms with van der Waals surface area (Å²) in [5, 5.41) is 20.7. The van der Waals surface area contributed by atoms with Crippen molar-refractivity contribution in [3.05, 3.63) is 101 Å². The smallest absolute Gasteiger partial charge is 0.318 e. The molecule has 1 saturated heterocycles. The first-order valence-corrected chi connectivity index (χ1v) is 16.2. The summed E-state index contributed by atoms with van der Waals surface area (Å²) in [6, 6.07) is 23.2. The highest BCUT2D eigenvalue weighted by molar-refractivity contribution is 5.87. The van der Waals surface area contributed by atoms with Crippen molar-refractivity contribution in [1.29, 1.82) is 0 Å². The summed E-state index contributed by atoms with van der Waals surface area (Å²) in [7, 11) is 0.